The van der Waals surface area contributed by atoms with Crippen LogP contribution >= 0.6 is 0 Å². The van der Waals surface area contributed by atoms with Crippen molar-refractivity contribution in [3.8, 4) is 0 Å². The summed E-state index contributed by atoms with van der Waals surface area (Å²) in [6.45, 7) is 2.41. The number of anilines is 1. The van der Waals surface area contributed by atoms with Crippen molar-refractivity contribution in [2.24, 2.45) is 5.73 Å². The van der Waals surface area contributed by atoms with Crippen molar-refractivity contribution in [1.29, 1.82) is 0 Å². The standard InChI is InChI=1S/C19H26N4O4/c20-18(25)27-13-9-14-5-7-15(8-6-14)21-17(24)16-4-3-12-23(16)19(26)22-10-1-2-11-22/h5-8,16H,1-4,9-13H2,(H2,20,25)(H,21,24)/t16-/m0/s1. The molecule has 0 saturated carbocycles. The average Bonchev–Trinajstić information content (AvgIpc) is 3.34. The maximum absolute atomic E-state index is 12.7. The van der Waals surface area contributed by atoms with Gasteiger partial charge in [-0.25, -0.2) is 9.59 Å². The molecule has 8 heteroatoms. The molecule has 1 aromatic rings. The number of hydrogen-bond donors (Lipinski definition) is 2. The van der Waals surface area contributed by atoms with Crippen LogP contribution in [0.15, 0.2) is 24.3 Å². The molecule has 146 valence electrons. The number of carbonyl (C=O) groups excluding carboxylic acids is 3. The quantitative estimate of drug-likeness (QED) is 0.822. The Kier molecular flexibility index (Phi) is 6.16. The minimum atomic E-state index is -0.788. The van der Waals surface area contributed by atoms with E-state index in [1.54, 1.807) is 17.0 Å². The van der Waals surface area contributed by atoms with Crippen LogP contribution < -0.4 is 11.1 Å². The van der Waals surface area contributed by atoms with E-state index >= 15 is 0 Å². The smallest absolute Gasteiger partial charge is 0.404 e. The van der Waals surface area contributed by atoms with E-state index in [1.165, 1.54) is 0 Å². The largest absolute Gasteiger partial charge is 0.449 e. The molecule has 3 rings (SSSR count). The van der Waals surface area contributed by atoms with Gasteiger partial charge < -0.3 is 25.6 Å². The average molecular weight is 374 g/mol. The zero-order valence-electron chi connectivity index (χ0n) is 15.4. The van der Waals surface area contributed by atoms with Gasteiger partial charge in [0.25, 0.3) is 0 Å². The highest BCUT2D eigenvalue weighted by Gasteiger charge is 2.36. The number of urea groups is 1. The molecule has 2 aliphatic rings. The van der Waals surface area contributed by atoms with E-state index in [0.29, 0.717) is 25.1 Å². The zero-order valence-corrected chi connectivity index (χ0v) is 15.4. The van der Waals surface area contributed by atoms with E-state index in [4.69, 9.17) is 10.5 Å². The maximum atomic E-state index is 12.7. The first kappa shape index (κ1) is 19.0. The summed E-state index contributed by atoms with van der Waals surface area (Å²) in [7, 11) is 0. The minimum absolute atomic E-state index is 0.0186. The summed E-state index contributed by atoms with van der Waals surface area (Å²) < 4.78 is 4.71. The number of rotatable bonds is 5. The molecular weight excluding hydrogens is 348 g/mol. The Labute approximate surface area is 158 Å². The van der Waals surface area contributed by atoms with Gasteiger partial charge in [-0.2, -0.15) is 0 Å². The lowest BCUT2D eigenvalue weighted by molar-refractivity contribution is -0.119. The fourth-order valence-electron chi connectivity index (χ4n) is 3.61. The molecule has 0 radical (unpaired) electrons. The normalized spacial score (nSPS) is 19.2. The molecule has 1 atom stereocenters. The van der Waals surface area contributed by atoms with Crippen molar-refractivity contribution in [1.82, 2.24) is 9.80 Å². The summed E-state index contributed by atoms with van der Waals surface area (Å²) in [5.41, 5.74) is 6.58. The Morgan fingerprint density at radius 3 is 2.44 bits per heavy atom. The van der Waals surface area contributed by atoms with E-state index in [-0.39, 0.29) is 18.5 Å². The molecule has 2 fully saturated rings. The van der Waals surface area contributed by atoms with Gasteiger partial charge in [-0.1, -0.05) is 12.1 Å². The van der Waals surface area contributed by atoms with E-state index in [9.17, 15) is 14.4 Å². The van der Waals surface area contributed by atoms with Crippen LogP contribution in [0.2, 0.25) is 0 Å². The van der Waals surface area contributed by atoms with Crippen LogP contribution in [0, 0.1) is 0 Å². The van der Waals surface area contributed by atoms with Crippen molar-refractivity contribution in [3.63, 3.8) is 0 Å². The summed E-state index contributed by atoms with van der Waals surface area (Å²) in [6, 6.07) is 6.90. The number of nitrogens with two attached hydrogens (primary N) is 1. The zero-order chi connectivity index (χ0) is 19.2. The van der Waals surface area contributed by atoms with Gasteiger partial charge in [0.15, 0.2) is 0 Å². The monoisotopic (exact) mass is 374 g/mol. The number of benzene rings is 1. The Morgan fingerprint density at radius 1 is 1.07 bits per heavy atom. The number of likely N-dealkylation sites (tertiary alicyclic amines) is 2. The van der Waals surface area contributed by atoms with E-state index in [2.05, 4.69) is 5.32 Å². The van der Waals surface area contributed by atoms with Crippen molar-refractivity contribution in [2.45, 2.75) is 38.1 Å². The molecule has 1 aromatic carbocycles. The molecule has 0 aromatic heterocycles. The van der Waals surface area contributed by atoms with Crippen LogP contribution in [-0.4, -0.2) is 60.1 Å². The second-order valence-electron chi connectivity index (χ2n) is 6.93. The number of carbonyl (C=O) groups is 3. The van der Waals surface area contributed by atoms with Gasteiger partial charge in [-0.05, 0) is 43.4 Å². The molecule has 8 nitrogen and oxygen atoms in total. The van der Waals surface area contributed by atoms with Crippen molar-refractivity contribution >= 4 is 23.7 Å². The van der Waals surface area contributed by atoms with Gasteiger partial charge in [-0.15, -0.1) is 0 Å². The number of ether oxygens (including phenoxy) is 1. The Bertz CT molecular complexity index is 685. The lowest BCUT2D eigenvalue weighted by atomic mass is 10.1. The Balaban J connectivity index is 1.54. The highest BCUT2D eigenvalue weighted by molar-refractivity contribution is 5.97. The van der Waals surface area contributed by atoms with Crippen molar-refractivity contribution in [3.05, 3.63) is 29.8 Å². The molecule has 0 unspecified atom stereocenters. The number of nitrogens with zero attached hydrogens (tertiary/aromatic N) is 2. The molecule has 4 amide bonds. The lowest BCUT2D eigenvalue weighted by Crippen LogP contribution is -2.48. The van der Waals surface area contributed by atoms with Crippen LogP contribution in [-0.2, 0) is 16.0 Å². The van der Waals surface area contributed by atoms with Gasteiger partial charge in [0.05, 0.1) is 6.61 Å². The predicted octanol–water partition coefficient (Wildman–Crippen LogP) is 1.94. The van der Waals surface area contributed by atoms with Gasteiger partial charge in [0.2, 0.25) is 5.91 Å². The van der Waals surface area contributed by atoms with Crippen LogP contribution in [0.4, 0.5) is 15.3 Å². The molecule has 3 N–H and O–H groups in total. The maximum Gasteiger partial charge on any atom is 0.404 e. The topological polar surface area (TPSA) is 105 Å². The first-order chi connectivity index (χ1) is 13.0. The Hall–Kier alpha value is -2.77. The van der Waals surface area contributed by atoms with Crippen LogP contribution in [0.5, 0.6) is 0 Å². The van der Waals surface area contributed by atoms with E-state index < -0.39 is 12.1 Å². The first-order valence-corrected chi connectivity index (χ1v) is 9.42. The fourth-order valence-corrected chi connectivity index (χ4v) is 3.61. The third-order valence-electron chi connectivity index (χ3n) is 5.03. The summed E-state index contributed by atoms with van der Waals surface area (Å²) in [5.74, 6) is -0.148. The Morgan fingerprint density at radius 2 is 1.78 bits per heavy atom. The molecule has 2 aliphatic heterocycles. The second-order valence-corrected chi connectivity index (χ2v) is 6.93. The number of hydrogen-bond acceptors (Lipinski definition) is 4. The molecule has 2 heterocycles. The number of amides is 4. The van der Waals surface area contributed by atoms with E-state index in [0.717, 1.165) is 37.9 Å². The second kappa shape index (κ2) is 8.75. The van der Waals surface area contributed by atoms with Crippen LogP contribution in [0.25, 0.3) is 0 Å². The number of primary amides is 1. The molecule has 27 heavy (non-hydrogen) atoms. The SMILES string of the molecule is NC(=O)OCCc1ccc(NC(=O)[C@@H]2CCCN2C(=O)N2CCCC2)cc1. The van der Waals surface area contributed by atoms with Gasteiger partial charge in [-0.3, -0.25) is 4.79 Å². The van der Waals surface area contributed by atoms with Gasteiger partial charge in [0, 0.05) is 31.7 Å². The van der Waals surface area contributed by atoms with Gasteiger partial charge in [0.1, 0.15) is 6.04 Å². The minimum Gasteiger partial charge on any atom is -0.449 e. The van der Waals surface area contributed by atoms with Crippen LogP contribution in [0.1, 0.15) is 31.2 Å². The fraction of sp³-hybridized carbons (Fsp3) is 0.526. The third-order valence-corrected chi connectivity index (χ3v) is 5.03. The van der Waals surface area contributed by atoms with Crippen LogP contribution in [0.3, 0.4) is 0 Å². The van der Waals surface area contributed by atoms with Crippen molar-refractivity contribution in [2.75, 3.05) is 31.6 Å². The lowest BCUT2D eigenvalue weighted by Gasteiger charge is -2.28. The summed E-state index contributed by atoms with van der Waals surface area (Å²) >= 11 is 0. The molecule has 0 aliphatic carbocycles. The summed E-state index contributed by atoms with van der Waals surface area (Å²) in [4.78, 5) is 39.4. The third kappa shape index (κ3) is 4.90. The first-order valence-electron chi connectivity index (χ1n) is 9.42. The molecular formula is C19H26N4O4. The van der Waals surface area contributed by atoms with Crippen molar-refractivity contribution < 1.29 is 19.1 Å². The molecule has 0 spiro atoms. The number of nitrogens with one attached hydrogen (secondary N) is 1. The summed E-state index contributed by atoms with van der Waals surface area (Å²) in [5, 5.41) is 2.90. The molecule has 0 bridgehead atoms. The predicted molar refractivity (Wildman–Crippen MR) is 100 cm³/mol. The van der Waals surface area contributed by atoms with Gasteiger partial charge >= 0.3 is 12.1 Å². The molecule has 2 saturated heterocycles. The highest BCUT2D eigenvalue weighted by atomic mass is 16.5. The van der Waals surface area contributed by atoms with E-state index in [1.807, 2.05) is 17.0 Å². The highest BCUT2D eigenvalue weighted by Crippen LogP contribution is 2.23. The summed E-state index contributed by atoms with van der Waals surface area (Å²) in [6.07, 6.45) is 3.37.